The van der Waals surface area contributed by atoms with Gasteiger partial charge in [-0.05, 0) is 95.2 Å². The van der Waals surface area contributed by atoms with Crippen molar-refractivity contribution in [1.29, 1.82) is 0 Å². The lowest BCUT2D eigenvalue weighted by molar-refractivity contribution is -0.139. The van der Waals surface area contributed by atoms with E-state index in [-0.39, 0.29) is 42.6 Å². The first kappa shape index (κ1) is 31.5. The van der Waals surface area contributed by atoms with Crippen molar-refractivity contribution in [3.8, 4) is 0 Å². The summed E-state index contributed by atoms with van der Waals surface area (Å²) in [5.74, 6) is -1.50. The van der Waals surface area contributed by atoms with E-state index in [0.717, 1.165) is 22.4 Å². The maximum atomic E-state index is 14.1. The summed E-state index contributed by atoms with van der Waals surface area (Å²) < 4.78 is 37.5. The predicted molar refractivity (Wildman–Crippen MR) is 163 cm³/mol. The van der Waals surface area contributed by atoms with Gasteiger partial charge in [-0.2, -0.15) is 8.42 Å². The molecule has 42 heavy (non-hydrogen) atoms. The number of rotatable bonds is 8. The number of nitrogens with two attached hydrogens (primary N) is 1. The fourth-order valence-corrected chi connectivity index (χ4v) is 6.58. The summed E-state index contributed by atoms with van der Waals surface area (Å²) in [6.07, 6.45) is 0.841. The van der Waals surface area contributed by atoms with Crippen molar-refractivity contribution in [3.63, 3.8) is 0 Å². The molecule has 0 bridgehead atoms. The molecule has 9 nitrogen and oxygen atoms in total. The number of ether oxygens (including phenoxy) is 2. The van der Waals surface area contributed by atoms with Crippen LogP contribution in [0.15, 0.2) is 58.9 Å². The van der Waals surface area contributed by atoms with Crippen LogP contribution < -0.4 is 15.2 Å². The highest BCUT2D eigenvalue weighted by atomic mass is 32.2. The zero-order valence-corrected chi connectivity index (χ0v) is 26.2. The molecule has 1 heterocycles. The van der Waals surface area contributed by atoms with Gasteiger partial charge in [-0.15, -0.1) is 0 Å². The van der Waals surface area contributed by atoms with Crippen molar-refractivity contribution in [2.24, 2.45) is 5.14 Å². The molecule has 0 spiro atoms. The minimum atomic E-state index is -4.05. The summed E-state index contributed by atoms with van der Waals surface area (Å²) in [4.78, 5) is 27.7. The van der Waals surface area contributed by atoms with Crippen LogP contribution in [0.3, 0.4) is 0 Å². The first-order chi connectivity index (χ1) is 19.6. The van der Waals surface area contributed by atoms with E-state index in [1.807, 2.05) is 20.8 Å². The number of carbonyl (C=O) groups is 2. The molecule has 2 aromatic carbocycles. The van der Waals surface area contributed by atoms with Crippen molar-refractivity contribution in [2.45, 2.75) is 78.7 Å². The van der Waals surface area contributed by atoms with E-state index in [2.05, 4.69) is 42.9 Å². The van der Waals surface area contributed by atoms with Crippen molar-refractivity contribution in [1.82, 2.24) is 5.32 Å². The Morgan fingerprint density at radius 2 is 1.76 bits per heavy atom. The lowest BCUT2D eigenvalue weighted by atomic mass is 9.70. The normalized spacial score (nSPS) is 19.4. The zero-order valence-electron chi connectivity index (χ0n) is 25.4. The summed E-state index contributed by atoms with van der Waals surface area (Å²) in [5, 5.41) is 8.67. The number of dihydropyridines is 1. The van der Waals surface area contributed by atoms with E-state index >= 15 is 0 Å². The molecule has 0 aromatic heterocycles. The fraction of sp³-hybridized carbons (Fsp3) is 0.438. The van der Waals surface area contributed by atoms with E-state index in [1.165, 1.54) is 5.56 Å². The highest BCUT2D eigenvalue weighted by Gasteiger charge is 2.43. The van der Waals surface area contributed by atoms with E-state index in [9.17, 15) is 18.0 Å². The van der Waals surface area contributed by atoms with Crippen LogP contribution in [0.1, 0.15) is 80.2 Å². The van der Waals surface area contributed by atoms with Crippen molar-refractivity contribution >= 4 is 27.6 Å². The molecule has 0 saturated carbocycles. The monoisotopic (exact) mass is 595 g/mol. The van der Waals surface area contributed by atoms with Gasteiger partial charge in [0.25, 0.3) is 10.2 Å². The number of nitrogens with one attached hydrogen (secondary N) is 2. The number of benzene rings is 2. The minimum absolute atomic E-state index is 0.0469. The SMILES string of the molecule is CCOC(=O)C1=C(COC(C)(C)C)NC2=C(C(=O)CC(c3c(C)cc(C)cc3C)C2)C1c1cccc(NS(N)(=O)=O)c1. The largest absolute Gasteiger partial charge is 0.463 e. The highest BCUT2D eigenvalue weighted by Crippen LogP contribution is 2.47. The molecular formula is C32H41N3O6S. The standard InChI is InChI=1S/C32H41N3O6S/c1-8-40-31(37)30-25(17-41-32(5,6)7)34-24-15-22(27-19(3)12-18(2)13-20(27)4)16-26(36)29(24)28(30)21-10-9-11-23(14-21)35-42(33,38)39/h9-14,22,28,34-35H,8,15-17H2,1-7H3,(H2,33,38,39). The van der Waals surface area contributed by atoms with Crippen LogP contribution in [0.25, 0.3) is 0 Å². The lowest BCUT2D eigenvalue weighted by Gasteiger charge is -2.38. The summed E-state index contributed by atoms with van der Waals surface area (Å²) in [5.41, 5.74) is 6.87. The Labute approximate surface area is 248 Å². The number of carbonyl (C=O) groups excluding carboxylic acids is 2. The zero-order chi connectivity index (χ0) is 31.0. The third-order valence-electron chi connectivity index (χ3n) is 7.48. The molecule has 0 amide bonds. The van der Waals surface area contributed by atoms with E-state index in [4.69, 9.17) is 14.6 Å². The number of hydrogen-bond donors (Lipinski definition) is 3. The molecule has 1 aliphatic heterocycles. The van der Waals surface area contributed by atoms with Crippen LogP contribution in [-0.4, -0.2) is 39.0 Å². The van der Waals surface area contributed by atoms with E-state index in [0.29, 0.717) is 23.3 Å². The van der Waals surface area contributed by atoms with Gasteiger partial charge in [0.05, 0.1) is 35.8 Å². The second-order valence-corrected chi connectivity index (χ2v) is 13.4. The van der Waals surface area contributed by atoms with Crippen LogP contribution in [0.4, 0.5) is 5.69 Å². The third-order valence-corrected chi connectivity index (χ3v) is 8.00. The maximum Gasteiger partial charge on any atom is 0.336 e. The Hall–Kier alpha value is -3.47. The summed E-state index contributed by atoms with van der Waals surface area (Å²) in [7, 11) is -4.05. The van der Waals surface area contributed by atoms with Crippen LogP contribution >= 0.6 is 0 Å². The quantitative estimate of drug-likeness (QED) is 0.368. The Morgan fingerprint density at radius 1 is 1.10 bits per heavy atom. The molecule has 2 atom stereocenters. The Morgan fingerprint density at radius 3 is 2.36 bits per heavy atom. The third kappa shape index (κ3) is 7.11. The topological polar surface area (TPSA) is 137 Å². The second-order valence-electron chi connectivity index (χ2n) is 12.1. The van der Waals surface area contributed by atoms with Gasteiger partial charge < -0.3 is 14.8 Å². The predicted octanol–water partition coefficient (Wildman–Crippen LogP) is 4.95. The molecule has 4 N–H and O–H groups in total. The number of aryl methyl sites for hydroxylation is 3. The average Bonchev–Trinajstić information content (AvgIpc) is 2.84. The number of anilines is 1. The van der Waals surface area contributed by atoms with Gasteiger partial charge in [-0.1, -0.05) is 29.8 Å². The van der Waals surface area contributed by atoms with Gasteiger partial charge >= 0.3 is 5.97 Å². The van der Waals surface area contributed by atoms with Crippen LogP contribution in [0.2, 0.25) is 0 Å². The molecule has 2 aromatic rings. The van der Waals surface area contributed by atoms with Gasteiger partial charge in [-0.25, -0.2) is 9.93 Å². The number of allylic oxidation sites excluding steroid dienone is 2. The molecule has 1 aliphatic carbocycles. The summed E-state index contributed by atoms with van der Waals surface area (Å²) >= 11 is 0. The summed E-state index contributed by atoms with van der Waals surface area (Å²) in [6.45, 7) is 13.9. The molecule has 0 saturated heterocycles. The van der Waals surface area contributed by atoms with Gasteiger partial charge in [0, 0.05) is 23.6 Å². The van der Waals surface area contributed by atoms with Crippen molar-refractivity contribution in [2.75, 3.05) is 17.9 Å². The fourth-order valence-electron chi connectivity index (χ4n) is 6.12. The summed E-state index contributed by atoms with van der Waals surface area (Å²) in [6, 6.07) is 10.9. The molecule has 4 rings (SSSR count). The number of esters is 1. The number of hydrogen-bond acceptors (Lipinski definition) is 7. The van der Waals surface area contributed by atoms with Crippen molar-refractivity contribution in [3.05, 3.63) is 86.8 Å². The Bertz CT molecular complexity index is 1560. The number of Topliss-reactive ketones (excluding diaryl/α,β-unsaturated/α-hetero) is 1. The first-order valence-electron chi connectivity index (χ1n) is 14.1. The molecule has 226 valence electrons. The molecule has 2 aliphatic rings. The molecule has 0 fully saturated rings. The van der Waals surface area contributed by atoms with Crippen LogP contribution in [0, 0.1) is 20.8 Å². The Balaban J connectivity index is 1.90. The molecule has 0 radical (unpaired) electrons. The van der Waals surface area contributed by atoms with E-state index in [1.54, 1.807) is 31.2 Å². The molecular weight excluding hydrogens is 554 g/mol. The molecule has 10 heteroatoms. The van der Waals surface area contributed by atoms with Gasteiger partial charge in [-0.3, -0.25) is 9.52 Å². The second kappa shape index (κ2) is 12.0. The maximum absolute atomic E-state index is 14.1. The van der Waals surface area contributed by atoms with Gasteiger partial charge in [0.15, 0.2) is 5.78 Å². The highest BCUT2D eigenvalue weighted by molar-refractivity contribution is 7.90. The van der Waals surface area contributed by atoms with Gasteiger partial charge in [0.2, 0.25) is 0 Å². The smallest absolute Gasteiger partial charge is 0.336 e. The van der Waals surface area contributed by atoms with Crippen molar-refractivity contribution < 1.29 is 27.5 Å². The van der Waals surface area contributed by atoms with Crippen LogP contribution in [-0.2, 0) is 29.3 Å². The minimum Gasteiger partial charge on any atom is -0.463 e. The molecule has 2 unspecified atom stereocenters. The average molecular weight is 596 g/mol. The van der Waals surface area contributed by atoms with E-state index < -0.39 is 27.7 Å². The lowest BCUT2D eigenvalue weighted by Crippen LogP contribution is -2.39. The number of ketones is 1. The Kier molecular flexibility index (Phi) is 9.01. The van der Waals surface area contributed by atoms with Crippen LogP contribution in [0.5, 0.6) is 0 Å². The van der Waals surface area contributed by atoms with Gasteiger partial charge in [0.1, 0.15) is 0 Å². The first-order valence-corrected chi connectivity index (χ1v) is 15.7.